The van der Waals surface area contributed by atoms with Gasteiger partial charge in [-0.25, -0.2) is 4.98 Å². The zero-order valence-electron chi connectivity index (χ0n) is 10.8. The number of carbonyl (C=O) groups is 1. The van der Waals surface area contributed by atoms with Crippen molar-refractivity contribution in [2.24, 2.45) is 5.73 Å². The molecule has 0 atom stereocenters. The summed E-state index contributed by atoms with van der Waals surface area (Å²) in [5.74, 6) is -0.384. The standard InChI is InChI=1S/C12H13ClF3N3O2/c13-8-5-7(12(14,15)16)6-19-9(8)21-4-3-18-10(20)11(17)1-2-11/h5-6H,1-4,17H2,(H,18,20). The molecular formula is C12H13ClF3N3O2. The fourth-order valence-electron chi connectivity index (χ4n) is 1.54. The Bertz CT molecular complexity index is 547. The van der Waals surface area contributed by atoms with Gasteiger partial charge in [0.1, 0.15) is 11.6 Å². The molecule has 1 aliphatic rings. The predicted octanol–water partition coefficient (Wildman–Crippen LogP) is 1.74. The molecule has 116 valence electrons. The lowest BCUT2D eigenvalue weighted by molar-refractivity contribution is -0.137. The highest BCUT2D eigenvalue weighted by Crippen LogP contribution is 2.33. The maximum absolute atomic E-state index is 12.4. The van der Waals surface area contributed by atoms with E-state index in [0.29, 0.717) is 19.0 Å². The van der Waals surface area contributed by atoms with Gasteiger partial charge in [-0.2, -0.15) is 13.2 Å². The number of amides is 1. The summed E-state index contributed by atoms with van der Waals surface area (Å²) in [4.78, 5) is 15.0. The summed E-state index contributed by atoms with van der Waals surface area (Å²) in [6.07, 6.45) is -2.58. The minimum absolute atomic E-state index is 0.0277. The van der Waals surface area contributed by atoms with Gasteiger partial charge in [0.25, 0.3) is 0 Å². The molecule has 0 aromatic carbocycles. The van der Waals surface area contributed by atoms with Crippen molar-refractivity contribution in [3.8, 4) is 5.88 Å². The summed E-state index contributed by atoms with van der Waals surface area (Å²) in [5, 5.41) is 2.33. The fraction of sp³-hybridized carbons (Fsp3) is 0.500. The molecule has 9 heteroatoms. The van der Waals surface area contributed by atoms with Crippen molar-refractivity contribution in [3.63, 3.8) is 0 Å². The second kappa shape index (κ2) is 5.69. The molecule has 0 saturated heterocycles. The summed E-state index contributed by atoms with van der Waals surface area (Å²) in [7, 11) is 0. The molecule has 1 fully saturated rings. The number of nitrogens with zero attached hydrogens (tertiary/aromatic N) is 1. The molecule has 1 aromatic rings. The summed E-state index contributed by atoms with van der Waals surface area (Å²) in [6.45, 7) is 0.191. The Morgan fingerprint density at radius 2 is 2.19 bits per heavy atom. The number of hydrogen-bond donors (Lipinski definition) is 2. The van der Waals surface area contributed by atoms with Crippen LogP contribution >= 0.6 is 11.6 Å². The van der Waals surface area contributed by atoms with Crippen molar-refractivity contribution < 1.29 is 22.7 Å². The number of nitrogens with one attached hydrogen (secondary N) is 1. The van der Waals surface area contributed by atoms with Crippen LogP contribution in [-0.4, -0.2) is 29.6 Å². The Morgan fingerprint density at radius 3 is 2.71 bits per heavy atom. The number of pyridine rings is 1. The topological polar surface area (TPSA) is 77.2 Å². The van der Waals surface area contributed by atoms with E-state index in [4.69, 9.17) is 22.1 Å². The minimum atomic E-state index is -4.51. The van der Waals surface area contributed by atoms with E-state index in [-0.39, 0.29) is 30.0 Å². The molecule has 1 heterocycles. The maximum Gasteiger partial charge on any atom is 0.417 e. The third kappa shape index (κ3) is 3.98. The number of halogens is 4. The Hall–Kier alpha value is -1.54. The van der Waals surface area contributed by atoms with Gasteiger partial charge >= 0.3 is 6.18 Å². The van der Waals surface area contributed by atoms with Crippen molar-refractivity contribution in [3.05, 3.63) is 22.8 Å². The van der Waals surface area contributed by atoms with E-state index < -0.39 is 17.3 Å². The van der Waals surface area contributed by atoms with Crippen LogP contribution in [0.15, 0.2) is 12.3 Å². The van der Waals surface area contributed by atoms with Gasteiger partial charge in [-0.3, -0.25) is 4.79 Å². The smallest absolute Gasteiger partial charge is 0.417 e. The van der Waals surface area contributed by atoms with E-state index in [1.807, 2.05) is 0 Å². The first-order valence-corrected chi connectivity index (χ1v) is 6.53. The van der Waals surface area contributed by atoms with Crippen molar-refractivity contribution in [1.29, 1.82) is 0 Å². The zero-order valence-corrected chi connectivity index (χ0v) is 11.6. The Kier molecular flexibility index (Phi) is 4.29. The van der Waals surface area contributed by atoms with Crippen LogP contribution in [-0.2, 0) is 11.0 Å². The van der Waals surface area contributed by atoms with E-state index in [9.17, 15) is 18.0 Å². The van der Waals surface area contributed by atoms with E-state index in [2.05, 4.69) is 10.3 Å². The lowest BCUT2D eigenvalue weighted by Crippen LogP contribution is -2.44. The largest absolute Gasteiger partial charge is 0.475 e. The molecule has 1 aromatic heterocycles. The van der Waals surface area contributed by atoms with Gasteiger partial charge in [0.2, 0.25) is 11.8 Å². The van der Waals surface area contributed by atoms with Gasteiger partial charge in [-0.05, 0) is 18.9 Å². The summed E-state index contributed by atoms with van der Waals surface area (Å²) < 4.78 is 42.4. The molecule has 0 unspecified atom stereocenters. The SMILES string of the molecule is NC1(C(=O)NCCOc2ncc(C(F)(F)F)cc2Cl)CC1. The second-order valence-electron chi connectivity index (χ2n) is 4.77. The molecule has 1 aliphatic carbocycles. The van der Waals surface area contributed by atoms with E-state index >= 15 is 0 Å². The van der Waals surface area contributed by atoms with Crippen molar-refractivity contribution >= 4 is 17.5 Å². The van der Waals surface area contributed by atoms with E-state index in [0.717, 1.165) is 6.07 Å². The second-order valence-corrected chi connectivity index (χ2v) is 5.18. The third-order valence-corrected chi connectivity index (χ3v) is 3.27. The quantitative estimate of drug-likeness (QED) is 0.809. The number of aromatic nitrogens is 1. The molecule has 1 amide bonds. The highest BCUT2D eigenvalue weighted by Gasteiger charge is 2.45. The number of hydrogen-bond acceptors (Lipinski definition) is 4. The monoisotopic (exact) mass is 323 g/mol. The van der Waals surface area contributed by atoms with Crippen LogP contribution < -0.4 is 15.8 Å². The van der Waals surface area contributed by atoms with E-state index in [1.54, 1.807) is 0 Å². The average Bonchev–Trinajstić information content (AvgIpc) is 3.14. The highest BCUT2D eigenvalue weighted by molar-refractivity contribution is 6.31. The van der Waals surface area contributed by atoms with Crippen LogP contribution in [0.3, 0.4) is 0 Å². The Morgan fingerprint density at radius 1 is 1.52 bits per heavy atom. The maximum atomic E-state index is 12.4. The summed E-state index contributed by atoms with van der Waals surface area (Å²) in [5.41, 5.74) is 3.95. The molecule has 3 N–H and O–H groups in total. The molecule has 0 aliphatic heterocycles. The number of alkyl halides is 3. The first-order chi connectivity index (χ1) is 9.72. The molecule has 0 radical (unpaired) electrons. The van der Waals surface area contributed by atoms with Gasteiger partial charge in [-0.15, -0.1) is 0 Å². The van der Waals surface area contributed by atoms with Crippen LogP contribution in [0.2, 0.25) is 5.02 Å². The zero-order chi connectivity index (χ0) is 15.7. The summed E-state index contributed by atoms with van der Waals surface area (Å²) >= 11 is 5.66. The molecular weight excluding hydrogens is 311 g/mol. The molecule has 2 rings (SSSR count). The first kappa shape index (κ1) is 15.8. The third-order valence-electron chi connectivity index (χ3n) is 3.00. The van der Waals surface area contributed by atoms with Crippen molar-refractivity contribution in [1.82, 2.24) is 10.3 Å². The van der Waals surface area contributed by atoms with Gasteiger partial charge in [0.15, 0.2) is 0 Å². The molecule has 1 saturated carbocycles. The van der Waals surface area contributed by atoms with Crippen LogP contribution in [0.5, 0.6) is 5.88 Å². The minimum Gasteiger partial charge on any atom is -0.475 e. The molecule has 21 heavy (non-hydrogen) atoms. The molecule has 0 spiro atoms. The number of rotatable bonds is 5. The predicted molar refractivity (Wildman–Crippen MR) is 68.9 cm³/mol. The Balaban J connectivity index is 1.82. The van der Waals surface area contributed by atoms with Gasteiger partial charge in [-0.1, -0.05) is 11.6 Å². The van der Waals surface area contributed by atoms with Crippen molar-refractivity contribution in [2.45, 2.75) is 24.6 Å². The van der Waals surface area contributed by atoms with Crippen LogP contribution in [0.4, 0.5) is 13.2 Å². The van der Waals surface area contributed by atoms with Crippen LogP contribution in [0.25, 0.3) is 0 Å². The Labute approximate surface area is 123 Å². The normalized spacial score (nSPS) is 16.4. The number of ether oxygens (including phenoxy) is 1. The molecule has 0 bridgehead atoms. The van der Waals surface area contributed by atoms with Crippen molar-refractivity contribution in [2.75, 3.05) is 13.2 Å². The highest BCUT2D eigenvalue weighted by atomic mass is 35.5. The van der Waals surface area contributed by atoms with Gasteiger partial charge in [0, 0.05) is 6.20 Å². The van der Waals surface area contributed by atoms with E-state index in [1.165, 1.54) is 0 Å². The first-order valence-electron chi connectivity index (χ1n) is 6.15. The molecule has 5 nitrogen and oxygen atoms in total. The number of carbonyl (C=O) groups excluding carboxylic acids is 1. The average molecular weight is 324 g/mol. The van der Waals surface area contributed by atoms with Gasteiger partial charge in [0.05, 0.1) is 17.6 Å². The summed E-state index contributed by atoms with van der Waals surface area (Å²) in [6, 6.07) is 0.738. The van der Waals surface area contributed by atoms with Crippen LogP contribution in [0, 0.1) is 0 Å². The lowest BCUT2D eigenvalue weighted by Gasteiger charge is -2.12. The fourth-order valence-corrected chi connectivity index (χ4v) is 1.76. The lowest BCUT2D eigenvalue weighted by atomic mass is 10.3. The van der Waals surface area contributed by atoms with Gasteiger partial charge < -0.3 is 15.8 Å². The number of nitrogens with two attached hydrogens (primary N) is 1. The van der Waals surface area contributed by atoms with Crippen LogP contribution in [0.1, 0.15) is 18.4 Å².